The summed E-state index contributed by atoms with van der Waals surface area (Å²) in [7, 11) is 0. The van der Waals surface area contributed by atoms with Crippen LogP contribution >= 0.6 is 0 Å². The number of hydrogen-bond acceptors (Lipinski definition) is 4. The van der Waals surface area contributed by atoms with Gasteiger partial charge < -0.3 is 10.6 Å². The molecule has 0 aromatic carbocycles. The lowest BCUT2D eigenvalue weighted by Gasteiger charge is -2.34. The first kappa shape index (κ1) is 16.9. The van der Waals surface area contributed by atoms with E-state index >= 15 is 0 Å². The Bertz CT molecular complexity index is 497. The van der Waals surface area contributed by atoms with Gasteiger partial charge in [0, 0.05) is 25.2 Å². The molecule has 1 atom stereocenters. The molecular formula is C14H24F3N5. The van der Waals surface area contributed by atoms with Crippen molar-refractivity contribution in [1.82, 2.24) is 14.7 Å². The average molecular weight is 319 g/mol. The molecule has 126 valence electrons. The van der Waals surface area contributed by atoms with Crippen LogP contribution in [0, 0.1) is 0 Å². The number of nitrogen functional groups attached to an aromatic ring is 1. The van der Waals surface area contributed by atoms with Crippen LogP contribution in [-0.2, 0) is 6.54 Å². The summed E-state index contributed by atoms with van der Waals surface area (Å²) in [6.07, 6.45) is -2.26. The van der Waals surface area contributed by atoms with Crippen LogP contribution in [0.4, 0.5) is 24.7 Å². The van der Waals surface area contributed by atoms with Crippen LogP contribution in [0.1, 0.15) is 20.8 Å². The van der Waals surface area contributed by atoms with E-state index in [-0.39, 0.29) is 12.1 Å². The van der Waals surface area contributed by atoms with Crippen molar-refractivity contribution in [3.8, 4) is 0 Å². The summed E-state index contributed by atoms with van der Waals surface area (Å²) in [6.45, 7) is 7.18. The highest BCUT2D eigenvalue weighted by molar-refractivity contribution is 5.62. The lowest BCUT2D eigenvalue weighted by Crippen LogP contribution is -2.45. The summed E-state index contributed by atoms with van der Waals surface area (Å²) in [5, 5.41) is 3.89. The first-order valence-electron chi connectivity index (χ1n) is 7.42. The summed E-state index contributed by atoms with van der Waals surface area (Å²) in [5.41, 5.74) is 6.02. The monoisotopic (exact) mass is 319 g/mol. The Morgan fingerprint density at radius 2 is 2.00 bits per heavy atom. The van der Waals surface area contributed by atoms with Crippen molar-refractivity contribution < 1.29 is 13.2 Å². The maximum absolute atomic E-state index is 14.3. The second-order valence-electron chi connectivity index (χ2n) is 6.66. The molecule has 1 unspecified atom stereocenters. The van der Waals surface area contributed by atoms with Crippen LogP contribution < -0.4 is 10.6 Å². The van der Waals surface area contributed by atoms with Gasteiger partial charge in [0.1, 0.15) is 12.7 Å². The Morgan fingerprint density at radius 3 is 2.59 bits per heavy atom. The van der Waals surface area contributed by atoms with E-state index in [4.69, 9.17) is 5.73 Å². The van der Waals surface area contributed by atoms with Crippen molar-refractivity contribution in [2.45, 2.75) is 45.5 Å². The van der Waals surface area contributed by atoms with Gasteiger partial charge in [-0.25, -0.2) is 17.9 Å². The number of alkyl halides is 3. The van der Waals surface area contributed by atoms with E-state index < -0.39 is 19.1 Å². The Morgan fingerprint density at radius 1 is 1.32 bits per heavy atom. The van der Waals surface area contributed by atoms with Crippen LogP contribution in [0.5, 0.6) is 0 Å². The molecule has 0 saturated carbocycles. The maximum Gasteiger partial charge on any atom is 0.258 e. The molecule has 0 spiro atoms. The highest BCUT2D eigenvalue weighted by atomic mass is 19.3. The van der Waals surface area contributed by atoms with Crippen LogP contribution in [0.15, 0.2) is 6.20 Å². The molecule has 1 aliphatic heterocycles. The molecule has 1 aromatic heterocycles. The quantitative estimate of drug-likeness (QED) is 0.926. The van der Waals surface area contributed by atoms with Gasteiger partial charge in [0.25, 0.3) is 6.43 Å². The van der Waals surface area contributed by atoms with Crippen molar-refractivity contribution in [3.63, 3.8) is 0 Å². The minimum Gasteiger partial charge on any atom is -0.394 e. The fourth-order valence-corrected chi connectivity index (χ4v) is 2.77. The molecule has 5 nitrogen and oxygen atoms in total. The summed E-state index contributed by atoms with van der Waals surface area (Å²) < 4.78 is 40.8. The molecule has 2 heterocycles. The zero-order chi connectivity index (χ0) is 16.5. The third-order valence-electron chi connectivity index (χ3n) is 3.87. The Labute approximate surface area is 128 Å². The normalized spacial score (nSPS) is 21.4. The lowest BCUT2D eigenvalue weighted by molar-refractivity contribution is 0.115. The minimum absolute atomic E-state index is 0.131. The fraction of sp³-hybridized carbons (Fsp3) is 0.786. The van der Waals surface area contributed by atoms with E-state index in [2.05, 4.69) is 10.00 Å². The molecule has 0 amide bonds. The summed E-state index contributed by atoms with van der Waals surface area (Å²) in [5.74, 6) is 0.388. The number of nitrogens with zero attached hydrogens (tertiary/aromatic N) is 4. The van der Waals surface area contributed by atoms with Crippen molar-refractivity contribution in [1.29, 1.82) is 0 Å². The number of halogens is 3. The van der Waals surface area contributed by atoms with Gasteiger partial charge in [-0.2, -0.15) is 5.10 Å². The lowest BCUT2D eigenvalue weighted by atomic mass is 10.1. The smallest absolute Gasteiger partial charge is 0.258 e. The number of nitrogens with two attached hydrogens (primary N) is 1. The van der Waals surface area contributed by atoms with Crippen LogP contribution in [0.25, 0.3) is 0 Å². The molecule has 0 aliphatic carbocycles. The van der Waals surface area contributed by atoms with Crippen molar-refractivity contribution >= 4 is 11.5 Å². The number of aromatic nitrogens is 2. The van der Waals surface area contributed by atoms with E-state index in [9.17, 15) is 13.2 Å². The SMILES string of the molecule is CC(C)(C)N1CCN(c2c(N)cnn2CC(F)F)CC(F)C1. The molecule has 1 saturated heterocycles. The highest BCUT2D eigenvalue weighted by Gasteiger charge is 2.31. The molecule has 1 aliphatic rings. The van der Waals surface area contributed by atoms with Gasteiger partial charge in [-0.3, -0.25) is 4.90 Å². The van der Waals surface area contributed by atoms with Gasteiger partial charge >= 0.3 is 0 Å². The van der Waals surface area contributed by atoms with E-state index in [0.29, 0.717) is 31.1 Å². The third-order valence-corrected chi connectivity index (χ3v) is 3.87. The number of hydrogen-bond donors (Lipinski definition) is 1. The van der Waals surface area contributed by atoms with Crippen LogP contribution in [-0.4, -0.2) is 59.0 Å². The topological polar surface area (TPSA) is 50.3 Å². The first-order chi connectivity index (χ1) is 10.2. The van der Waals surface area contributed by atoms with Gasteiger partial charge in [-0.1, -0.05) is 0 Å². The second kappa shape index (κ2) is 6.36. The molecule has 2 rings (SSSR count). The largest absolute Gasteiger partial charge is 0.394 e. The van der Waals surface area contributed by atoms with Crippen LogP contribution in [0.3, 0.4) is 0 Å². The van der Waals surface area contributed by atoms with E-state index in [0.717, 1.165) is 0 Å². The summed E-state index contributed by atoms with van der Waals surface area (Å²) >= 11 is 0. The predicted octanol–water partition coefficient (Wildman–Crippen LogP) is 1.99. The number of anilines is 2. The highest BCUT2D eigenvalue weighted by Crippen LogP contribution is 2.27. The molecule has 1 aromatic rings. The maximum atomic E-state index is 14.3. The third kappa shape index (κ3) is 3.85. The van der Waals surface area contributed by atoms with Crippen molar-refractivity contribution in [2.24, 2.45) is 0 Å². The fourth-order valence-electron chi connectivity index (χ4n) is 2.77. The van der Waals surface area contributed by atoms with Gasteiger partial charge in [-0.15, -0.1) is 0 Å². The van der Waals surface area contributed by atoms with Gasteiger partial charge in [0.2, 0.25) is 0 Å². The summed E-state index contributed by atoms with van der Waals surface area (Å²) in [6, 6.07) is 0. The van der Waals surface area contributed by atoms with Crippen LogP contribution in [0.2, 0.25) is 0 Å². The van der Waals surface area contributed by atoms with Crippen molar-refractivity contribution in [3.05, 3.63) is 6.20 Å². The molecular weight excluding hydrogens is 295 g/mol. The summed E-state index contributed by atoms with van der Waals surface area (Å²) in [4.78, 5) is 3.78. The Kier molecular flexibility index (Phi) is 4.89. The zero-order valence-electron chi connectivity index (χ0n) is 13.3. The molecule has 2 N–H and O–H groups in total. The predicted molar refractivity (Wildman–Crippen MR) is 81.1 cm³/mol. The van der Waals surface area contributed by atoms with E-state index in [1.807, 2.05) is 20.8 Å². The van der Waals surface area contributed by atoms with Gasteiger partial charge in [0.05, 0.1) is 18.4 Å². The zero-order valence-corrected chi connectivity index (χ0v) is 13.3. The van der Waals surface area contributed by atoms with Gasteiger partial charge in [0.15, 0.2) is 5.82 Å². The number of rotatable bonds is 3. The Hall–Kier alpha value is -1.44. The molecule has 8 heteroatoms. The standard InChI is InChI=1S/C14H24F3N5/c1-14(2,3)21-5-4-20(7-10(15)8-21)13-11(18)6-19-22(13)9-12(16)17/h6,10,12H,4-5,7-9,18H2,1-3H3. The Balaban J connectivity index is 2.21. The van der Waals surface area contributed by atoms with Gasteiger partial charge in [-0.05, 0) is 20.8 Å². The average Bonchev–Trinajstić information content (AvgIpc) is 2.60. The minimum atomic E-state index is -2.53. The van der Waals surface area contributed by atoms with E-state index in [1.54, 1.807) is 4.90 Å². The first-order valence-corrected chi connectivity index (χ1v) is 7.42. The van der Waals surface area contributed by atoms with E-state index in [1.165, 1.54) is 10.9 Å². The second-order valence-corrected chi connectivity index (χ2v) is 6.66. The molecule has 0 radical (unpaired) electrons. The molecule has 1 fully saturated rings. The molecule has 0 bridgehead atoms. The molecule has 22 heavy (non-hydrogen) atoms. The van der Waals surface area contributed by atoms with Crippen molar-refractivity contribution in [2.75, 3.05) is 36.8 Å².